The normalized spacial score (nSPS) is 13.2. The Morgan fingerprint density at radius 3 is 2.60 bits per heavy atom. The van der Waals surface area contributed by atoms with Crippen LogP contribution in [-0.4, -0.2) is 72.7 Å². The van der Waals surface area contributed by atoms with Crippen molar-refractivity contribution in [1.29, 1.82) is 0 Å². The van der Waals surface area contributed by atoms with Gasteiger partial charge in [-0.05, 0) is 37.3 Å². The number of aliphatic hydroxyl groups is 1. The third-order valence-corrected chi connectivity index (χ3v) is 7.03. The number of carbonyl (C=O) groups is 1. The van der Waals surface area contributed by atoms with Gasteiger partial charge in [-0.3, -0.25) is 14.2 Å². The van der Waals surface area contributed by atoms with Crippen LogP contribution in [0.3, 0.4) is 0 Å². The number of hydrogen-bond donors (Lipinski definition) is 1. The highest BCUT2D eigenvalue weighted by Crippen LogP contribution is 2.26. The fourth-order valence-electron chi connectivity index (χ4n) is 3.73. The molecule has 0 aliphatic heterocycles. The molecule has 10 nitrogen and oxygen atoms in total. The van der Waals surface area contributed by atoms with Gasteiger partial charge in [0, 0.05) is 31.5 Å². The van der Waals surface area contributed by atoms with E-state index in [1.807, 2.05) is 0 Å². The standard InChI is InChI=1S/C26H26F3N5O5S/c1-17-20(31-12-10-22(17)39-16-26(27,28)29)15-40(37)24-32-18-7-3-4-9-21(18)34(24)25(36)33(2)13-14-38-23(35)19-8-5-6-11-30-19/h3-12,23,35H,13-16H2,1-2H3/t23?,40-/m1/s1. The summed E-state index contributed by atoms with van der Waals surface area (Å²) in [6, 6.07) is 12.5. The molecule has 0 saturated heterocycles. The van der Waals surface area contributed by atoms with Gasteiger partial charge in [-0.1, -0.05) is 18.2 Å². The molecule has 0 spiro atoms. The number of fused-ring (bicyclic) bond motifs is 1. The van der Waals surface area contributed by atoms with Gasteiger partial charge in [0.2, 0.25) is 5.16 Å². The lowest BCUT2D eigenvalue weighted by molar-refractivity contribution is -0.153. The molecule has 212 valence electrons. The minimum atomic E-state index is -4.52. The number of aromatic nitrogens is 4. The molecule has 40 heavy (non-hydrogen) atoms. The van der Waals surface area contributed by atoms with E-state index in [0.29, 0.717) is 22.3 Å². The summed E-state index contributed by atoms with van der Waals surface area (Å²) in [7, 11) is -0.387. The summed E-state index contributed by atoms with van der Waals surface area (Å²) in [4.78, 5) is 27.4. The van der Waals surface area contributed by atoms with E-state index < -0.39 is 35.9 Å². The van der Waals surface area contributed by atoms with Crippen LogP contribution in [0.5, 0.6) is 5.75 Å². The monoisotopic (exact) mass is 577 g/mol. The Hall–Kier alpha value is -3.88. The first-order valence-corrected chi connectivity index (χ1v) is 13.3. The highest BCUT2D eigenvalue weighted by Gasteiger charge is 2.29. The molecule has 2 atom stereocenters. The molecule has 0 saturated carbocycles. The average molecular weight is 578 g/mol. The van der Waals surface area contributed by atoms with Crippen molar-refractivity contribution >= 4 is 27.9 Å². The van der Waals surface area contributed by atoms with Gasteiger partial charge in [-0.2, -0.15) is 13.2 Å². The summed E-state index contributed by atoms with van der Waals surface area (Å²) in [6.45, 7) is 0.117. The van der Waals surface area contributed by atoms with Crippen molar-refractivity contribution in [2.24, 2.45) is 0 Å². The van der Waals surface area contributed by atoms with Gasteiger partial charge in [-0.15, -0.1) is 0 Å². The first-order chi connectivity index (χ1) is 19.0. The zero-order valence-corrected chi connectivity index (χ0v) is 22.4. The zero-order valence-electron chi connectivity index (χ0n) is 21.5. The van der Waals surface area contributed by atoms with Gasteiger partial charge in [0.25, 0.3) is 0 Å². The average Bonchev–Trinajstić information content (AvgIpc) is 3.32. The number of nitrogens with zero attached hydrogens (tertiary/aromatic N) is 5. The van der Waals surface area contributed by atoms with Crippen LogP contribution < -0.4 is 4.74 Å². The second-order valence-electron chi connectivity index (χ2n) is 8.67. The number of alkyl halides is 3. The van der Waals surface area contributed by atoms with Gasteiger partial charge < -0.3 is 19.5 Å². The van der Waals surface area contributed by atoms with E-state index in [-0.39, 0.29) is 35.5 Å². The number of benzene rings is 1. The van der Waals surface area contributed by atoms with Crippen LogP contribution >= 0.6 is 0 Å². The molecule has 0 fully saturated rings. The summed E-state index contributed by atoms with van der Waals surface area (Å²) in [6.07, 6.45) is -3.00. The molecular weight excluding hydrogens is 551 g/mol. The van der Waals surface area contributed by atoms with Crippen molar-refractivity contribution in [1.82, 2.24) is 24.4 Å². The Morgan fingerprint density at radius 2 is 1.88 bits per heavy atom. The molecule has 1 unspecified atom stereocenters. The molecular formula is C26H26F3N5O5S. The van der Waals surface area contributed by atoms with Crippen LogP contribution in [0.25, 0.3) is 11.0 Å². The van der Waals surface area contributed by atoms with Crippen molar-refractivity contribution in [2.75, 3.05) is 26.8 Å². The van der Waals surface area contributed by atoms with Crippen LogP contribution in [0.2, 0.25) is 0 Å². The molecule has 4 rings (SSSR count). The third-order valence-electron chi connectivity index (χ3n) is 5.81. The zero-order chi connectivity index (χ0) is 28.9. The van der Waals surface area contributed by atoms with Gasteiger partial charge >= 0.3 is 12.2 Å². The SMILES string of the molecule is Cc1c(OCC(F)(F)F)ccnc1C[S@@](=O)c1nc2ccccc2n1C(=O)N(C)CCOC(O)c1ccccn1. The van der Waals surface area contributed by atoms with E-state index in [9.17, 15) is 27.3 Å². The second-order valence-corrected chi connectivity index (χ2v) is 10.0. The maximum atomic E-state index is 13.5. The molecule has 0 aliphatic carbocycles. The number of amides is 1. The summed E-state index contributed by atoms with van der Waals surface area (Å²) >= 11 is 0. The summed E-state index contributed by atoms with van der Waals surface area (Å²) in [5.74, 6) is -0.245. The van der Waals surface area contributed by atoms with Crippen LogP contribution in [0.1, 0.15) is 23.2 Å². The van der Waals surface area contributed by atoms with Gasteiger partial charge in [0.1, 0.15) is 5.75 Å². The second kappa shape index (κ2) is 12.5. The lowest BCUT2D eigenvalue weighted by Crippen LogP contribution is -2.35. The minimum Gasteiger partial charge on any atom is -0.484 e. The number of halogens is 3. The van der Waals surface area contributed by atoms with E-state index >= 15 is 0 Å². The molecule has 3 heterocycles. The van der Waals surface area contributed by atoms with Crippen LogP contribution in [0.15, 0.2) is 66.1 Å². The van der Waals surface area contributed by atoms with Crippen molar-refractivity contribution < 1.29 is 36.8 Å². The molecule has 14 heteroatoms. The Morgan fingerprint density at radius 1 is 1.12 bits per heavy atom. The quantitative estimate of drug-likeness (QED) is 0.281. The van der Waals surface area contributed by atoms with Crippen molar-refractivity contribution in [3.05, 3.63) is 77.9 Å². The Balaban J connectivity index is 1.52. The molecule has 1 amide bonds. The van der Waals surface area contributed by atoms with Gasteiger partial charge in [0.15, 0.2) is 12.9 Å². The first kappa shape index (κ1) is 29.1. The Kier molecular flexibility index (Phi) is 9.12. The van der Waals surface area contributed by atoms with E-state index in [0.717, 1.165) is 0 Å². The number of imidazole rings is 1. The summed E-state index contributed by atoms with van der Waals surface area (Å²) in [5, 5.41) is 10.1. The predicted octanol–water partition coefficient (Wildman–Crippen LogP) is 3.99. The first-order valence-electron chi connectivity index (χ1n) is 12.0. The number of hydrogen-bond acceptors (Lipinski definition) is 8. The highest BCUT2D eigenvalue weighted by molar-refractivity contribution is 7.84. The Bertz CT molecular complexity index is 1500. The number of ether oxygens (including phenoxy) is 2. The van der Waals surface area contributed by atoms with Crippen LogP contribution in [0.4, 0.5) is 18.0 Å². The molecule has 4 aromatic rings. The molecule has 0 aliphatic rings. The third kappa shape index (κ3) is 7.00. The van der Waals surface area contributed by atoms with E-state index in [2.05, 4.69) is 15.0 Å². The topological polar surface area (TPSA) is 120 Å². The number of rotatable bonds is 10. The molecule has 1 N–H and O–H groups in total. The molecule has 0 bridgehead atoms. The lowest BCUT2D eigenvalue weighted by atomic mass is 10.2. The van der Waals surface area contributed by atoms with Gasteiger partial charge in [-0.25, -0.2) is 14.3 Å². The maximum Gasteiger partial charge on any atom is 0.422 e. The fraction of sp³-hybridized carbons (Fsp3) is 0.308. The highest BCUT2D eigenvalue weighted by atomic mass is 32.2. The van der Waals surface area contributed by atoms with Crippen molar-refractivity contribution in [3.63, 3.8) is 0 Å². The number of likely N-dealkylation sites (N-methyl/N-ethyl adjacent to an activating group) is 1. The number of carbonyl (C=O) groups excluding carboxylic acids is 1. The lowest BCUT2D eigenvalue weighted by Gasteiger charge is -2.20. The minimum absolute atomic E-state index is 0.0150. The molecule has 3 aromatic heterocycles. The summed E-state index contributed by atoms with van der Waals surface area (Å²) in [5.41, 5.74) is 1.72. The van der Waals surface area contributed by atoms with Gasteiger partial charge in [0.05, 0.1) is 45.6 Å². The van der Waals surface area contributed by atoms with Crippen LogP contribution in [-0.2, 0) is 21.3 Å². The maximum absolute atomic E-state index is 13.5. The summed E-state index contributed by atoms with van der Waals surface area (Å²) < 4.78 is 62.9. The smallest absolute Gasteiger partial charge is 0.422 e. The molecule has 0 radical (unpaired) electrons. The van der Waals surface area contributed by atoms with E-state index in [1.165, 1.54) is 41.9 Å². The number of aliphatic hydroxyl groups excluding tert-OH is 1. The number of pyridine rings is 2. The van der Waals surface area contributed by atoms with Crippen LogP contribution in [0, 0.1) is 6.92 Å². The number of para-hydroxylation sites is 2. The predicted molar refractivity (Wildman–Crippen MR) is 139 cm³/mol. The van der Waals surface area contributed by atoms with E-state index in [4.69, 9.17) is 9.47 Å². The largest absolute Gasteiger partial charge is 0.484 e. The Labute approximate surface area is 229 Å². The van der Waals surface area contributed by atoms with Crippen molar-refractivity contribution in [2.45, 2.75) is 30.3 Å². The van der Waals surface area contributed by atoms with Crippen molar-refractivity contribution in [3.8, 4) is 5.75 Å². The van der Waals surface area contributed by atoms with E-state index in [1.54, 1.807) is 42.5 Å². The fourth-order valence-corrected chi connectivity index (χ4v) is 4.97. The molecule has 1 aromatic carbocycles.